The topological polar surface area (TPSA) is 55.1 Å². The Balaban J connectivity index is 2.06. The lowest BCUT2D eigenvalue weighted by molar-refractivity contribution is -0.116. The lowest BCUT2D eigenvalue weighted by Crippen LogP contribution is -2.19. The largest absolute Gasteiger partial charge is 0.324 e. The Bertz CT molecular complexity index is 617. The van der Waals surface area contributed by atoms with Crippen LogP contribution in [-0.4, -0.2) is 5.91 Å². The minimum Gasteiger partial charge on any atom is -0.324 e. The monoisotopic (exact) mass is 238 g/mol. The Morgan fingerprint density at radius 2 is 1.72 bits per heavy atom. The summed E-state index contributed by atoms with van der Waals surface area (Å²) in [4.78, 5) is 11.5. The fraction of sp³-hybridized carbons (Fsp3) is 0.133. The van der Waals surface area contributed by atoms with E-state index < -0.39 is 6.04 Å². The molecule has 0 fully saturated rings. The average Bonchev–Trinajstić information content (AvgIpc) is 2.66. The lowest BCUT2D eigenvalue weighted by atomic mass is 9.99. The van der Waals surface area contributed by atoms with Crippen molar-refractivity contribution in [3.63, 3.8) is 0 Å². The highest BCUT2D eigenvalue weighted by molar-refractivity contribution is 6.02. The summed E-state index contributed by atoms with van der Waals surface area (Å²) in [5.74, 6) is -0.133. The molecule has 0 bridgehead atoms. The van der Waals surface area contributed by atoms with Crippen LogP contribution in [0.3, 0.4) is 0 Å². The van der Waals surface area contributed by atoms with E-state index in [0.717, 1.165) is 22.4 Å². The normalized spacial score (nSPS) is 17.4. The van der Waals surface area contributed by atoms with E-state index in [1.165, 1.54) is 5.56 Å². The van der Waals surface area contributed by atoms with Crippen molar-refractivity contribution in [3.8, 4) is 11.1 Å². The van der Waals surface area contributed by atoms with Gasteiger partial charge in [-0.25, -0.2) is 0 Å². The zero-order chi connectivity index (χ0) is 12.7. The SMILES string of the molecule is Cc1ccc(-c2ccc3c(c2)[C@@H](N)C(=O)N3)cc1. The van der Waals surface area contributed by atoms with Gasteiger partial charge in [0.15, 0.2) is 0 Å². The first-order chi connectivity index (χ1) is 8.65. The first-order valence-electron chi connectivity index (χ1n) is 5.92. The molecule has 2 aromatic rings. The number of fused-ring (bicyclic) bond motifs is 1. The van der Waals surface area contributed by atoms with Gasteiger partial charge in [0.2, 0.25) is 5.91 Å². The van der Waals surface area contributed by atoms with E-state index in [0.29, 0.717) is 0 Å². The van der Waals surface area contributed by atoms with Gasteiger partial charge in [0.25, 0.3) is 0 Å². The molecule has 1 heterocycles. The van der Waals surface area contributed by atoms with Crippen LogP contribution in [0.1, 0.15) is 17.2 Å². The molecule has 0 unspecified atom stereocenters. The van der Waals surface area contributed by atoms with Crippen molar-refractivity contribution in [2.45, 2.75) is 13.0 Å². The number of nitrogens with two attached hydrogens (primary N) is 1. The fourth-order valence-corrected chi connectivity index (χ4v) is 2.21. The Morgan fingerprint density at radius 1 is 1.06 bits per heavy atom. The van der Waals surface area contributed by atoms with Crippen molar-refractivity contribution >= 4 is 11.6 Å². The maximum atomic E-state index is 11.5. The van der Waals surface area contributed by atoms with E-state index >= 15 is 0 Å². The van der Waals surface area contributed by atoms with Crippen LogP contribution in [0.25, 0.3) is 11.1 Å². The molecular formula is C15H14N2O. The standard InChI is InChI=1S/C15H14N2O/c1-9-2-4-10(5-3-9)11-6-7-13-12(8-11)14(16)15(18)17-13/h2-8,14H,16H2,1H3,(H,17,18)/t14-/m1/s1. The first-order valence-corrected chi connectivity index (χ1v) is 5.92. The van der Waals surface area contributed by atoms with Crippen LogP contribution in [0.2, 0.25) is 0 Å². The number of nitrogens with one attached hydrogen (secondary N) is 1. The number of rotatable bonds is 1. The lowest BCUT2D eigenvalue weighted by Gasteiger charge is -2.06. The van der Waals surface area contributed by atoms with E-state index in [9.17, 15) is 4.79 Å². The van der Waals surface area contributed by atoms with Crippen molar-refractivity contribution in [1.82, 2.24) is 0 Å². The molecule has 0 aromatic heterocycles. The second kappa shape index (κ2) is 3.96. The molecule has 0 saturated carbocycles. The number of hydrogen-bond donors (Lipinski definition) is 2. The molecule has 1 aliphatic heterocycles. The van der Waals surface area contributed by atoms with Gasteiger partial charge in [0.1, 0.15) is 6.04 Å². The molecule has 18 heavy (non-hydrogen) atoms. The van der Waals surface area contributed by atoms with Crippen molar-refractivity contribution in [2.75, 3.05) is 5.32 Å². The van der Waals surface area contributed by atoms with Gasteiger partial charge >= 0.3 is 0 Å². The summed E-state index contributed by atoms with van der Waals surface area (Å²) in [7, 11) is 0. The molecule has 3 heteroatoms. The van der Waals surface area contributed by atoms with Crippen molar-refractivity contribution < 1.29 is 4.79 Å². The second-order valence-corrected chi connectivity index (χ2v) is 4.63. The summed E-state index contributed by atoms with van der Waals surface area (Å²) < 4.78 is 0. The van der Waals surface area contributed by atoms with Crippen LogP contribution in [0.4, 0.5) is 5.69 Å². The highest BCUT2D eigenvalue weighted by Crippen LogP contribution is 2.33. The van der Waals surface area contributed by atoms with Gasteiger partial charge < -0.3 is 11.1 Å². The third-order valence-corrected chi connectivity index (χ3v) is 3.31. The first kappa shape index (κ1) is 11.0. The molecule has 1 atom stereocenters. The number of amides is 1. The number of benzene rings is 2. The zero-order valence-corrected chi connectivity index (χ0v) is 10.1. The second-order valence-electron chi connectivity index (χ2n) is 4.63. The molecule has 3 nitrogen and oxygen atoms in total. The summed E-state index contributed by atoms with van der Waals surface area (Å²) >= 11 is 0. The number of carbonyl (C=O) groups is 1. The van der Waals surface area contributed by atoms with E-state index in [4.69, 9.17) is 5.73 Å². The number of aryl methyl sites for hydroxylation is 1. The van der Waals surface area contributed by atoms with Gasteiger partial charge in [0, 0.05) is 11.3 Å². The Morgan fingerprint density at radius 3 is 2.44 bits per heavy atom. The van der Waals surface area contributed by atoms with Gasteiger partial charge in [-0.1, -0.05) is 35.9 Å². The molecular weight excluding hydrogens is 224 g/mol. The summed E-state index contributed by atoms with van der Waals surface area (Å²) in [6, 6.07) is 13.7. The molecule has 1 amide bonds. The Kier molecular flexibility index (Phi) is 2.42. The molecule has 3 rings (SSSR count). The molecule has 90 valence electrons. The summed E-state index contributed by atoms with van der Waals surface area (Å²) in [5, 5.41) is 2.77. The van der Waals surface area contributed by atoms with Gasteiger partial charge in [-0.05, 0) is 30.2 Å². The smallest absolute Gasteiger partial charge is 0.245 e. The third-order valence-electron chi connectivity index (χ3n) is 3.31. The summed E-state index contributed by atoms with van der Waals surface area (Å²) in [5.41, 5.74) is 11.0. The number of carbonyl (C=O) groups excluding carboxylic acids is 1. The predicted molar refractivity (Wildman–Crippen MR) is 72.2 cm³/mol. The van der Waals surface area contributed by atoms with E-state index in [1.807, 2.05) is 18.2 Å². The van der Waals surface area contributed by atoms with E-state index in [-0.39, 0.29) is 5.91 Å². The minimum atomic E-state index is -0.551. The third kappa shape index (κ3) is 1.69. The van der Waals surface area contributed by atoms with Gasteiger partial charge in [-0.2, -0.15) is 0 Å². The Hall–Kier alpha value is -2.13. The van der Waals surface area contributed by atoms with Crippen LogP contribution in [0.15, 0.2) is 42.5 Å². The minimum absolute atomic E-state index is 0.133. The number of anilines is 1. The van der Waals surface area contributed by atoms with Crippen LogP contribution in [-0.2, 0) is 4.79 Å². The van der Waals surface area contributed by atoms with Gasteiger partial charge in [-0.3, -0.25) is 4.79 Å². The van der Waals surface area contributed by atoms with Gasteiger partial charge in [-0.15, -0.1) is 0 Å². The summed E-state index contributed by atoms with van der Waals surface area (Å²) in [6.45, 7) is 2.06. The van der Waals surface area contributed by atoms with Crippen LogP contribution < -0.4 is 11.1 Å². The van der Waals surface area contributed by atoms with Crippen LogP contribution >= 0.6 is 0 Å². The van der Waals surface area contributed by atoms with Crippen LogP contribution in [0.5, 0.6) is 0 Å². The van der Waals surface area contributed by atoms with Crippen molar-refractivity contribution in [2.24, 2.45) is 5.73 Å². The molecule has 0 aliphatic carbocycles. The van der Waals surface area contributed by atoms with Crippen molar-refractivity contribution in [3.05, 3.63) is 53.6 Å². The Labute approximate surface area is 106 Å². The molecule has 0 spiro atoms. The van der Waals surface area contributed by atoms with Gasteiger partial charge in [0.05, 0.1) is 0 Å². The molecule has 2 aromatic carbocycles. The molecule has 1 aliphatic rings. The predicted octanol–water partition coefficient (Wildman–Crippen LogP) is 2.61. The fourth-order valence-electron chi connectivity index (χ4n) is 2.21. The highest BCUT2D eigenvalue weighted by atomic mass is 16.2. The molecule has 3 N–H and O–H groups in total. The van der Waals surface area contributed by atoms with Crippen LogP contribution in [0, 0.1) is 6.92 Å². The van der Waals surface area contributed by atoms with E-state index in [1.54, 1.807) is 0 Å². The molecule has 0 radical (unpaired) electrons. The zero-order valence-electron chi connectivity index (χ0n) is 10.1. The highest BCUT2D eigenvalue weighted by Gasteiger charge is 2.27. The van der Waals surface area contributed by atoms with Crippen molar-refractivity contribution in [1.29, 1.82) is 0 Å². The quantitative estimate of drug-likeness (QED) is 0.802. The molecule has 0 saturated heterocycles. The maximum absolute atomic E-state index is 11.5. The van der Waals surface area contributed by atoms with E-state index in [2.05, 4.69) is 36.5 Å². The maximum Gasteiger partial charge on any atom is 0.245 e. The number of hydrogen-bond acceptors (Lipinski definition) is 2. The summed E-state index contributed by atoms with van der Waals surface area (Å²) in [6.07, 6.45) is 0. The average molecular weight is 238 g/mol.